The van der Waals surface area contributed by atoms with Crippen molar-refractivity contribution in [3.8, 4) is 0 Å². The average molecular weight is 427 g/mol. The molecule has 1 aromatic rings. The maximum atomic E-state index is 12.1. The molecule has 1 aliphatic rings. The van der Waals surface area contributed by atoms with E-state index in [1.807, 2.05) is 18.2 Å². The van der Waals surface area contributed by atoms with E-state index in [1.165, 1.54) is 0 Å². The lowest BCUT2D eigenvalue weighted by molar-refractivity contribution is -0.126. The van der Waals surface area contributed by atoms with Crippen LogP contribution in [0.15, 0.2) is 28.7 Å². The molecule has 144 valence electrons. The van der Waals surface area contributed by atoms with Crippen LogP contribution >= 0.6 is 15.9 Å². The molecule has 1 aliphatic heterocycles. The van der Waals surface area contributed by atoms with Crippen molar-refractivity contribution < 1.29 is 14.7 Å². The van der Waals surface area contributed by atoms with Crippen molar-refractivity contribution in [3.05, 3.63) is 28.7 Å². The third-order valence-corrected chi connectivity index (χ3v) is 5.00. The molecule has 1 fully saturated rings. The lowest BCUT2D eigenvalue weighted by Gasteiger charge is -2.39. The molecular formula is C18H27BrN4O3. The summed E-state index contributed by atoms with van der Waals surface area (Å²) in [5, 5.41) is 14.9. The number of nitrogens with zero attached hydrogens (tertiary/aromatic N) is 2. The highest BCUT2D eigenvalue weighted by molar-refractivity contribution is 9.10. The van der Waals surface area contributed by atoms with E-state index in [2.05, 4.69) is 43.3 Å². The first-order valence-corrected chi connectivity index (χ1v) is 9.60. The van der Waals surface area contributed by atoms with Crippen LogP contribution in [-0.4, -0.2) is 78.1 Å². The van der Waals surface area contributed by atoms with Crippen LogP contribution in [0.5, 0.6) is 0 Å². The van der Waals surface area contributed by atoms with Gasteiger partial charge in [0.1, 0.15) is 0 Å². The Morgan fingerprint density at radius 3 is 2.69 bits per heavy atom. The minimum atomic E-state index is -0.347. The molecule has 2 amide bonds. The van der Waals surface area contributed by atoms with Crippen LogP contribution in [0.1, 0.15) is 13.8 Å². The van der Waals surface area contributed by atoms with Gasteiger partial charge in [-0.25, -0.2) is 0 Å². The number of nitrogens with one attached hydrogen (secondary N) is 2. The van der Waals surface area contributed by atoms with Gasteiger partial charge in [-0.15, -0.1) is 0 Å². The lowest BCUT2D eigenvalue weighted by atomic mass is 10.1. The van der Waals surface area contributed by atoms with E-state index in [0.717, 1.165) is 24.1 Å². The van der Waals surface area contributed by atoms with Gasteiger partial charge in [0.15, 0.2) is 0 Å². The number of para-hydroxylation sites is 1. The predicted molar refractivity (Wildman–Crippen MR) is 105 cm³/mol. The molecule has 1 aromatic carbocycles. The van der Waals surface area contributed by atoms with E-state index in [9.17, 15) is 14.7 Å². The smallest absolute Gasteiger partial charge is 0.243 e. The fourth-order valence-corrected chi connectivity index (χ4v) is 3.41. The molecule has 1 heterocycles. The van der Waals surface area contributed by atoms with Crippen molar-refractivity contribution in [2.45, 2.75) is 26.0 Å². The van der Waals surface area contributed by atoms with Gasteiger partial charge in [-0.3, -0.25) is 19.4 Å². The van der Waals surface area contributed by atoms with E-state index in [0.29, 0.717) is 12.2 Å². The summed E-state index contributed by atoms with van der Waals surface area (Å²) in [6, 6.07) is 7.55. The fraction of sp³-hybridized carbons (Fsp3) is 0.556. The number of aliphatic hydroxyl groups is 1. The molecule has 7 nitrogen and oxygen atoms in total. The zero-order valence-electron chi connectivity index (χ0n) is 15.2. The van der Waals surface area contributed by atoms with Gasteiger partial charge in [-0.05, 0) is 41.9 Å². The van der Waals surface area contributed by atoms with Gasteiger partial charge in [0.25, 0.3) is 0 Å². The standard InChI is InChI=1S/C18H27BrN4O3/c1-13-10-22(11-14(2)24)7-8-23(13)12-18(26)20-9-17(25)21-16-6-4-3-5-15(16)19/h3-6,13-14,24H,7-12H2,1-2H3,(H,20,26)(H,21,25)/t13-,14+/m0/s1. The fourth-order valence-electron chi connectivity index (χ4n) is 3.02. The van der Waals surface area contributed by atoms with Crippen molar-refractivity contribution >= 4 is 33.4 Å². The van der Waals surface area contributed by atoms with Crippen molar-refractivity contribution in [3.63, 3.8) is 0 Å². The number of anilines is 1. The Balaban J connectivity index is 1.72. The minimum Gasteiger partial charge on any atom is -0.392 e. The van der Waals surface area contributed by atoms with Crippen LogP contribution in [-0.2, 0) is 9.59 Å². The summed E-state index contributed by atoms with van der Waals surface area (Å²) in [5.74, 6) is -0.428. The van der Waals surface area contributed by atoms with Crippen LogP contribution in [0.4, 0.5) is 5.69 Å². The van der Waals surface area contributed by atoms with Gasteiger partial charge in [-0.1, -0.05) is 12.1 Å². The molecule has 0 radical (unpaired) electrons. The highest BCUT2D eigenvalue weighted by atomic mass is 79.9. The first-order chi connectivity index (χ1) is 12.3. The number of hydrogen-bond acceptors (Lipinski definition) is 5. The molecular weight excluding hydrogens is 400 g/mol. The number of amides is 2. The molecule has 3 N–H and O–H groups in total. The molecule has 2 atom stereocenters. The van der Waals surface area contributed by atoms with Gasteiger partial charge in [0.2, 0.25) is 11.8 Å². The largest absolute Gasteiger partial charge is 0.392 e. The number of rotatable bonds is 7. The quantitative estimate of drug-likeness (QED) is 0.602. The van der Waals surface area contributed by atoms with Crippen LogP contribution in [0.2, 0.25) is 0 Å². The van der Waals surface area contributed by atoms with Crippen LogP contribution < -0.4 is 10.6 Å². The Labute approximate surface area is 162 Å². The Morgan fingerprint density at radius 2 is 2.04 bits per heavy atom. The predicted octanol–water partition coefficient (Wildman–Crippen LogP) is 0.891. The number of piperazine rings is 1. The zero-order valence-corrected chi connectivity index (χ0v) is 16.8. The highest BCUT2D eigenvalue weighted by Crippen LogP contribution is 2.20. The van der Waals surface area contributed by atoms with Gasteiger partial charge in [-0.2, -0.15) is 0 Å². The third kappa shape index (κ3) is 6.68. The molecule has 0 aromatic heterocycles. The van der Waals surface area contributed by atoms with Crippen LogP contribution in [0.25, 0.3) is 0 Å². The maximum Gasteiger partial charge on any atom is 0.243 e. The van der Waals surface area contributed by atoms with Crippen molar-refractivity contribution in [2.24, 2.45) is 0 Å². The Bertz CT molecular complexity index is 626. The number of aliphatic hydroxyl groups excluding tert-OH is 1. The van der Waals surface area contributed by atoms with Crippen LogP contribution in [0, 0.1) is 0 Å². The SMILES string of the molecule is C[C@@H](O)CN1CCN(CC(=O)NCC(=O)Nc2ccccc2Br)[C@@H](C)C1. The number of benzene rings is 1. The van der Waals surface area contributed by atoms with Gasteiger partial charge in [0.05, 0.1) is 24.9 Å². The average Bonchev–Trinajstić information content (AvgIpc) is 2.57. The Kier molecular flexibility index (Phi) is 8.02. The molecule has 2 rings (SSSR count). The van der Waals surface area contributed by atoms with Crippen molar-refractivity contribution in [2.75, 3.05) is 44.6 Å². The molecule has 1 saturated heterocycles. The number of carbonyl (C=O) groups excluding carboxylic acids is 2. The summed E-state index contributed by atoms with van der Waals surface area (Å²) in [7, 11) is 0. The van der Waals surface area contributed by atoms with E-state index in [4.69, 9.17) is 0 Å². The molecule has 0 spiro atoms. The summed E-state index contributed by atoms with van der Waals surface area (Å²) >= 11 is 3.37. The molecule has 0 aliphatic carbocycles. The second-order valence-electron chi connectivity index (χ2n) is 6.73. The van der Waals surface area contributed by atoms with Crippen molar-refractivity contribution in [1.29, 1.82) is 0 Å². The van der Waals surface area contributed by atoms with E-state index < -0.39 is 0 Å². The monoisotopic (exact) mass is 426 g/mol. The van der Waals surface area contributed by atoms with Gasteiger partial charge in [0, 0.05) is 36.7 Å². The van der Waals surface area contributed by atoms with Gasteiger partial charge < -0.3 is 15.7 Å². The van der Waals surface area contributed by atoms with E-state index in [-0.39, 0.29) is 37.0 Å². The number of β-amino-alcohol motifs (C(OH)–C–C–N with tert-alkyl or cyclic N) is 1. The molecule has 26 heavy (non-hydrogen) atoms. The second-order valence-corrected chi connectivity index (χ2v) is 7.59. The summed E-state index contributed by atoms with van der Waals surface area (Å²) in [6.07, 6.45) is -0.347. The third-order valence-electron chi connectivity index (χ3n) is 4.31. The van der Waals surface area contributed by atoms with E-state index >= 15 is 0 Å². The zero-order chi connectivity index (χ0) is 19.1. The minimum absolute atomic E-state index is 0.0590. The molecule has 0 bridgehead atoms. The summed E-state index contributed by atoms with van der Waals surface area (Å²) in [6.45, 7) is 7.13. The van der Waals surface area contributed by atoms with Crippen molar-refractivity contribution in [1.82, 2.24) is 15.1 Å². The highest BCUT2D eigenvalue weighted by Gasteiger charge is 2.25. The molecule has 0 unspecified atom stereocenters. The number of carbonyl (C=O) groups is 2. The first kappa shape index (κ1) is 20.8. The second kappa shape index (κ2) is 10.0. The number of halogens is 1. The van der Waals surface area contributed by atoms with Gasteiger partial charge >= 0.3 is 0 Å². The maximum absolute atomic E-state index is 12.1. The normalized spacial score (nSPS) is 19.8. The first-order valence-electron chi connectivity index (χ1n) is 8.80. The molecule has 0 saturated carbocycles. The van der Waals surface area contributed by atoms with Crippen LogP contribution in [0.3, 0.4) is 0 Å². The molecule has 8 heteroatoms. The summed E-state index contributed by atoms with van der Waals surface area (Å²) in [4.78, 5) is 28.4. The summed E-state index contributed by atoms with van der Waals surface area (Å²) < 4.78 is 0.795. The van der Waals surface area contributed by atoms with E-state index in [1.54, 1.807) is 13.0 Å². The number of hydrogen-bond donors (Lipinski definition) is 3. The topological polar surface area (TPSA) is 84.9 Å². The Morgan fingerprint density at radius 1 is 1.31 bits per heavy atom. The summed E-state index contributed by atoms with van der Waals surface area (Å²) in [5.41, 5.74) is 0.676. The Hall–Kier alpha value is -1.48. The lowest BCUT2D eigenvalue weighted by Crippen LogP contribution is -2.55.